The molecular formula is C12H19ClN2. The molecule has 0 aliphatic heterocycles. The molecular weight excluding hydrogens is 208 g/mol. The second kappa shape index (κ2) is 6.09. The summed E-state index contributed by atoms with van der Waals surface area (Å²) in [6.45, 7) is 6.99. The summed E-state index contributed by atoms with van der Waals surface area (Å²) >= 11 is 5.92. The molecule has 84 valence electrons. The first-order chi connectivity index (χ1) is 7.08. The molecule has 0 amide bonds. The third-order valence-corrected chi connectivity index (χ3v) is 2.43. The lowest BCUT2D eigenvalue weighted by atomic mass is 10.2. The number of halogens is 1. The van der Waals surface area contributed by atoms with Gasteiger partial charge in [-0.3, -0.25) is 4.98 Å². The monoisotopic (exact) mass is 226 g/mol. The molecule has 0 aliphatic carbocycles. The Morgan fingerprint density at radius 2 is 2.13 bits per heavy atom. The normalized spacial score (nSPS) is 14.9. The summed E-state index contributed by atoms with van der Waals surface area (Å²) in [6.07, 6.45) is 0.980. The minimum Gasteiger partial charge on any atom is -0.309 e. The number of aryl methyl sites for hydroxylation is 1. The highest BCUT2D eigenvalue weighted by Gasteiger charge is 2.05. The van der Waals surface area contributed by atoms with Crippen molar-refractivity contribution in [1.29, 1.82) is 0 Å². The molecule has 0 aromatic carbocycles. The van der Waals surface area contributed by atoms with Crippen LogP contribution in [0, 0.1) is 6.92 Å². The molecule has 1 aromatic rings. The fourth-order valence-electron chi connectivity index (χ4n) is 1.55. The average molecular weight is 227 g/mol. The van der Waals surface area contributed by atoms with Gasteiger partial charge >= 0.3 is 0 Å². The highest BCUT2D eigenvalue weighted by atomic mass is 35.5. The smallest absolute Gasteiger partial charge is 0.0544 e. The Labute approximate surface area is 97.1 Å². The molecule has 0 spiro atoms. The quantitative estimate of drug-likeness (QED) is 0.781. The van der Waals surface area contributed by atoms with E-state index in [0.29, 0.717) is 6.04 Å². The lowest BCUT2D eigenvalue weighted by Crippen LogP contribution is -2.27. The van der Waals surface area contributed by atoms with Gasteiger partial charge in [-0.2, -0.15) is 0 Å². The van der Waals surface area contributed by atoms with E-state index < -0.39 is 0 Å². The number of hydrogen-bond donors (Lipinski definition) is 1. The first kappa shape index (κ1) is 12.5. The molecule has 0 saturated heterocycles. The minimum atomic E-state index is 0.220. The molecule has 2 nitrogen and oxygen atoms in total. The van der Waals surface area contributed by atoms with Gasteiger partial charge in [0.25, 0.3) is 0 Å². The van der Waals surface area contributed by atoms with Crippen molar-refractivity contribution in [3.8, 4) is 0 Å². The van der Waals surface area contributed by atoms with E-state index in [0.717, 1.165) is 24.4 Å². The van der Waals surface area contributed by atoms with E-state index in [1.165, 1.54) is 0 Å². The van der Waals surface area contributed by atoms with Crippen molar-refractivity contribution in [1.82, 2.24) is 10.3 Å². The Hall–Kier alpha value is -0.600. The van der Waals surface area contributed by atoms with Crippen LogP contribution in [0.1, 0.15) is 31.7 Å². The second-order valence-electron chi connectivity index (χ2n) is 4.07. The SMILES string of the molecule is Cc1cccc(CNC(C)CC(C)Cl)n1. The molecule has 0 aliphatic rings. The van der Waals surface area contributed by atoms with Crippen molar-refractivity contribution < 1.29 is 0 Å². The summed E-state index contributed by atoms with van der Waals surface area (Å²) in [5, 5.41) is 3.63. The fraction of sp³-hybridized carbons (Fsp3) is 0.583. The molecule has 0 fully saturated rings. The van der Waals surface area contributed by atoms with Crippen LogP contribution in [-0.4, -0.2) is 16.4 Å². The van der Waals surface area contributed by atoms with Gasteiger partial charge in [0.1, 0.15) is 0 Å². The summed E-state index contributed by atoms with van der Waals surface area (Å²) < 4.78 is 0. The third-order valence-electron chi connectivity index (χ3n) is 2.26. The number of alkyl halides is 1. The Morgan fingerprint density at radius 1 is 1.40 bits per heavy atom. The van der Waals surface area contributed by atoms with Crippen LogP contribution < -0.4 is 5.32 Å². The van der Waals surface area contributed by atoms with Crippen molar-refractivity contribution in [2.45, 2.75) is 45.2 Å². The zero-order chi connectivity index (χ0) is 11.3. The lowest BCUT2D eigenvalue weighted by molar-refractivity contribution is 0.507. The zero-order valence-electron chi connectivity index (χ0n) is 9.63. The molecule has 0 bridgehead atoms. The Balaban J connectivity index is 2.36. The molecule has 0 radical (unpaired) electrons. The summed E-state index contributed by atoms with van der Waals surface area (Å²) in [7, 11) is 0. The van der Waals surface area contributed by atoms with Crippen LogP contribution in [0.4, 0.5) is 0 Å². The lowest BCUT2D eigenvalue weighted by Gasteiger charge is -2.14. The van der Waals surface area contributed by atoms with Crippen molar-refractivity contribution in [3.05, 3.63) is 29.6 Å². The van der Waals surface area contributed by atoms with Crippen LogP contribution in [0.3, 0.4) is 0 Å². The van der Waals surface area contributed by atoms with Crippen LogP contribution in [0.25, 0.3) is 0 Å². The van der Waals surface area contributed by atoms with Gasteiger partial charge in [0.05, 0.1) is 5.69 Å². The van der Waals surface area contributed by atoms with E-state index in [1.54, 1.807) is 0 Å². The van der Waals surface area contributed by atoms with Gasteiger partial charge in [0, 0.05) is 23.7 Å². The van der Waals surface area contributed by atoms with Crippen molar-refractivity contribution in [3.63, 3.8) is 0 Å². The van der Waals surface area contributed by atoms with Crippen molar-refractivity contribution in [2.75, 3.05) is 0 Å². The number of pyridine rings is 1. The van der Waals surface area contributed by atoms with E-state index in [9.17, 15) is 0 Å². The fourth-order valence-corrected chi connectivity index (χ4v) is 1.81. The molecule has 3 heteroatoms. The zero-order valence-corrected chi connectivity index (χ0v) is 10.4. The van der Waals surface area contributed by atoms with Crippen molar-refractivity contribution in [2.24, 2.45) is 0 Å². The van der Waals surface area contributed by atoms with Crippen LogP contribution in [0.2, 0.25) is 0 Å². The van der Waals surface area contributed by atoms with E-state index in [2.05, 4.69) is 17.2 Å². The number of nitrogens with one attached hydrogen (secondary N) is 1. The van der Waals surface area contributed by atoms with Gasteiger partial charge in [-0.1, -0.05) is 6.07 Å². The third kappa shape index (κ3) is 5.14. The van der Waals surface area contributed by atoms with E-state index in [4.69, 9.17) is 11.6 Å². The van der Waals surface area contributed by atoms with Gasteiger partial charge in [0.2, 0.25) is 0 Å². The Bertz CT molecular complexity index is 299. The molecule has 0 saturated carbocycles. The second-order valence-corrected chi connectivity index (χ2v) is 4.81. The largest absolute Gasteiger partial charge is 0.309 e. The van der Waals surface area contributed by atoms with Gasteiger partial charge < -0.3 is 5.32 Å². The van der Waals surface area contributed by atoms with E-state index in [-0.39, 0.29) is 5.38 Å². The van der Waals surface area contributed by atoms with Gasteiger partial charge in [-0.25, -0.2) is 0 Å². The average Bonchev–Trinajstić information content (AvgIpc) is 2.14. The summed E-state index contributed by atoms with van der Waals surface area (Å²) in [6, 6.07) is 6.51. The van der Waals surface area contributed by atoms with Gasteiger partial charge in [0.15, 0.2) is 0 Å². The molecule has 1 aromatic heterocycles. The highest BCUT2D eigenvalue weighted by Crippen LogP contribution is 2.05. The molecule has 2 unspecified atom stereocenters. The van der Waals surface area contributed by atoms with Crippen LogP contribution in [-0.2, 0) is 6.54 Å². The first-order valence-electron chi connectivity index (χ1n) is 5.38. The minimum absolute atomic E-state index is 0.220. The number of aromatic nitrogens is 1. The molecule has 2 atom stereocenters. The van der Waals surface area contributed by atoms with Gasteiger partial charge in [-0.05, 0) is 39.3 Å². The summed E-state index contributed by atoms with van der Waals surface area (Å²) in [5.74, 6) is 0. The Morgan fingerprint density at radius 3 is 2.73 bits per heavy atom. The summed E-state index contributed by atoms with van der Waals surface area (Å²) in [5.41, 5.74) is 2.15. The first-order valence-corrected chi connectivity index (χ1v) is 5.81. The van der Waals surface area contributed by atoms with Crippen molar-refractivity contribution >= 4 is 11.6 Å². The molecule has 1 N–H and O–H groups in total. The predicted octanol–water partition coefficient (Wildman–Crippen LogP) is 2.89. The standard InChI is InChI=1S/C12H19ClN2/c1-9(13)7-11(3)14-8-12-6-4-5-10(2)15-12/h4-6,9,11,14H,7-8H2,1-3H3. The topological polar surface area (TPSA) is 24.9 Å². The van der Waals surface area contributed by atoms with Crippen LogP contribution in [0.15, 0.2) is 18.2 Å². The maximum Gasteiger partial charge on any atom is 0.0544 e. The number of rotatable bonds is 5. The van der Waals surface area contributed by atoms with E-state index in [1.807, 2.05) is 32.0 Å². The molecule has 1 rings (SSSR count). The molecule has 1 heterocycles. The predicted molar refractivity (Wildman–Crippen MR) is 65.2 cm³/mol. The van der Waals surface area contributed by atoms with Crippen LogP contribution >= 0.6 is 11.6 Å². The summed E-state index contributed by atoms with van der Waals surface area (Å²) in [4.78, 5) is 4.43. The number of nitrogens with zero attached hydrogens (tertiary/aromatic N) is 1. The molecule has 15 heavy (non-hydrogen) atoms. The highest BCUT2D eigenvalue weighted by molar-refractivity contribution is 6.20. The van der Waals surface area contributed by atoms with Crippen LogP contribution in [0.5, 0.6) is 0 Å². The maximum absolute atomic E-state index is 5.92. The Kier molecular flexibility index (Phi) is 5.06. The number of hydrogen-bond acceptors (Lipinski definition) is 2. The maximum atomic E-state index is 5.92. The van der Waals surface area contributed by atoms with Gasteiger partial charge in [-0.15, -0.1) is 11.6 Å². The van der Waals surface area contributed by atoms with E-state index >= 15 is 0 Å².